The second-order valence-corrected chi connectivity index (χ2v) is 10.8. The van der Waals surface area contributed by atoms with Gasteiger partial charge in [0.25, 0.3) is 10.0 Å². The van der Waals surface area contributed by atoms with Crippen molar-refractivity contribution < 1.29 is 22.4 Å². The zero-order chi connectivity index (χ0) is 27.2. The van der Waals surface area contributed by atoms with Gasteiger partial charge in [-0.25, -0.2) is 12.8 Å². The van der Waals surface area contributed by atoms with Crippen LogP contribution in [0, 0.1) is 12.7 Å². The maximum Gasteiger partial charge on any atom is 0.264 e. The summed E-state index contributed by atoms with van der Waals surface area (Å²) in [6, 6.07) is 17.2. The third-order valence-electron chi connectivity index (χ3n) is 5.82. The lowest BCUT2D eigenvalue weighted by Gasteiger charge is -2.32. The fourth-order valence-electron chi connectivity index (χ4n) is 3.69. The Labute approximate surface area is 221 Å². The van der Waals surface area contributed by atoms with E-state index in [1.165, 1.54) is 54.3 Å². The number of anilines is 1. The largest absolute Gasteiger partial charge is 0.355 e. The van der Waals surface area contributed by atoms with Gasteiger partial charge in [-0.05, 0) is 63.2 Å². The topological polar surface area (TPSA) is 86.8 Å². The van der Waals surface area contributed by atoms with Crippen molar-refractivity contribution in [3.05, 3.63) is 94.8 Å². The number of likely N-dealkylation sites (N-methyl/N-ethyl adjacent to an activating group) is 1. The molecule has 0 fully saturated rings. The normalized spacial score (nSPS) is 12.0. The lowest BCUT2D eigenvalue weighted by atomic mass is 10.1. The summed E-state index contributed by atoms with van der Waals surface area (Å²) in [5.74, 6) is -1.64. The van der Waals surface area contributed by atoms with Crippen LogP contribution >= 0.6 is 11.6 Å². The van der Waals surface area contributed by atoms with Crippen molar-refractivity contribution >= 4 is 39.1 Å². The van der Waals surface area contributed by atoms with Crippen LogP contribution in [0.4, 0.5) is 10.1 Å². The van der Waals surface area contributed by atoms with Gasteiger partial charge in [-0.3, -0.25) is 13.9 Å². The number of sulfonamides is 1. The summed E-state index contributed by atoms with van der Waals surface area (Å²) in [7, 11) is -4.20. The second kappa shape index (κ2) is 12.2. The standard InChI is InChI=1S/C27H29ClFN3O4S/c1-4-30-27(34)20(3)31(17-21-7-5-6-8-25(21)29)26(33)18-32(23-13-9-19(2)10-14-23)37(35,36)24-15-11-22(28)12-16-24/h5-16,20H,4,17-18H2,1-3H3,(H,30,34). The van der Waals surface area contributed by atoms with E-state index >= 15 is 0 Å². The average molecular weight is 546 g/mol. The maximum absolute atomic E-state index is 14.5. The first kappa shape index (κ1) is 28.1. The van der Waals surface area contributed by atoms with Gasteiger partial charge in [0.15, 0.2) is 0 Å². The summed E-state index contributed by atoms with van der Waals surface area (Å²) in [5, 5.41) is 3.03. The van der Waals surface area contributed by atoms with Crippen LogP contribution in [0.5, 0.6) is 0 Å². The minimum atomic E-state index is -4.20. The van der Waals surface area contributed by atoms with Gasteiger partial charge < -0.3 is 10.2 Å². The molecule has 0 aliphatic rings. The Morgan fingerprint density at radius 3 is 2.22 bits per heavy atom. The van der Waals surface area contributed by atoms with Crippen molar-refractivity contribution in [1.82, 2.24) is 10.2 Å². The number of amides is 2. The van der Waals surface area contributed by atoms with E-state index in [-0.39, 0.29) is 22.7 Å². The third kappa shape index (κ3) is 6.87. The Morgan fingerprint density at radius 2 is 1.62 bits per heavy atom. The first-order chi connectivity index (χ1) is 17.5. The van der Waals surface area contributed by atoms with Gasteiger partial charge in [0, 0.05) is 23.7 Å². The maximum atomic E-state index is 14.5. The molecule has 0 saturated carbocycles. The average Bonchev–Trinajstić information content (AvgIpc) is 2.87. The number of rotatable bonds is 10. The number of nitrogens with one attached hydrogen (secondary N) is 1. The molecule has 3 rings (SSSR count). The van der Waals surface area contributed by atoms with Crippen molar-refractivity contribution in [1.29, 1.82) is 0 Å². The van der Waals surface area contributed by atoms with Crippen LogP contribution in [0.1, 0.15) is 25.0 Å². The number of aryl methyl sites for hydroxylation is 1. The van der Waals surface area contributed by atoms with Gasteiger partial charge >= 0.3 is 0 Å². The molecular weight excluding hydrogens is 517 g/mol. The molecule has 0 aliphatic heterocycles. The predicted octanol–water partition coefficient (Wildman–Crippen LogP) is 4.54. The summed E-state index contributed by atoms with van der Waals surface area (Å²) in [5.41, 5.74) is 1.38. The van der Waals surface area contributed by atoms with E-state index in [4.69, 9.17) is 11.6 Å². The van der Waals surface area contributed by atoms with Crippen LogP contribution in [-0.2, 0) is 26.2 Å². The Hall–Kier alpha value is -3.43. The number of hydrogen-bond acceptors (Lipinski definition) is 4. The van der Waals surface area contributed by atoms with Crippen molar-refractivity contribution in [2.75, 3.05) is 17.4 Å². The van der Waals surface area contributed by atoms with Crippen LogP contribution in [0.2, 0.25) is 5.02 Å². The Bertz CT molecular complexity index is 1350. The van der Waals surface area contributed by atoms with Gasteiger partial charge in [-0.15, -0.1) is 0 Å². The molecule has 3 aromatic rings. The molecule has 7 nitrogen and oxygen atoms in total. The lowest BCUT2D eigenvalue weighted by molar-refractivity contribution is -0.139. The van der Waals surface area contributed by atoms with E-state index in [0.29, 0.717) is 11.6 Å². The highest BCUT2D eigenvalue weighted by atomic mass is 35.5. The molecule has 0 radical (unpaired) electrons. The molecule has 0 spiro atoms. The summed E-state index contributed by atoms with van der Waals surface area (Å²) >= 11 is 5.94. The number of halogens is 2. The van der Waals surface area contributed by atoms with Crippen LogP contribution in [0.25, 0.3) is 0 Å². The zero-order valence-corrected chi connectivity index (χ0v) is 22.4. The minimum Gasteiger partial charge on any atom is -0.355 e. The highest BCUT2D eigenvalue weighted by Crippen LogP contribution is 2.26. The summed E-state index contributed by atoms with van der Waals surface area (Å²) in [6.45, 7) is 4.64. The molecule has 0 heterocycles. The number of hydrogen-bond donors (Lipinski definition) is 1. The number of benzene rings is 3. The first-order valence-electron chi connectivity index (χ1n) is 11.7. The second-order valence-electron chi connectivity index (χ2n) is 8.48. The first-order valence-corrected chi connectivity index (χ1v) is 13.5. The monoisotopic (exact) mass is 545 g/mol. The molecule has 0 aliphatic carbocycles. The van der Waals surface area contributed by atoms with E-state index in [1.807, 2.05) is 6.92 Å². The quantitative estimate of drug-likeness (QED) is 0.405. The van der Waals surface area contributed by atoms with E-state index < -0.39 is 40.2 Å². The Kier molecular flexibility index (Phi) is 9.29. The molecule has 0 saturated heterocycles. The summed E-state index contributed by atoms with van der Waals surface area (Å²) < 4.78 is 42.8. The van der Waals surface area contributed by atoms with Gasteiger partial charge in [0.05, 0.1) is 10.6 Å². The Morgan fingerprint density at radius 1 is 1.00 bits per heavy atom. The lowest BCUT2D eigenvalue weighted by Crippen LogP contribution is -2.51. The smallest absolute Gasteiger partial charge is 0.264 e. The van der Waals surface area contributed by atoms with Gasteiger partial charge in [0.2, 0.25) is 11.8 Å². The van der Waals surface area contributed by atoms with Crippen LogP contribution in [0.15, 0.2) is 77.7 Å². The molecule has 0 bridgehead atoms. The van der Waals surface area contributed by atoms with E-state index in [9.17, 15) is 22.4 Å². The molecule has 1 unspecified atom stereocenters. The van der Waals surface area contributed by atoms with Crippen molar-refractivity contribution in [2.24, 2.45) is 0 Å². The third-order valence-corrected chi connectivity index (χ3v) is 7.86. The summed E-state index contributed by atoms with van der Waals surface area (Å²) in [6.07, 6.45) is 0. The highest BCUT2D eigenvalue weighted by Gasteiger charge is 2.32. The van der Waals surface area contributed by atoms with Crippen LogP contribution in [-0.4, -0.2) is 44.3 Å². The minimum absolute atomic E-state index is 0.0531. The van der Waals surface area contributed by atoms with E-state index in [2.05, 4.69) is 5.32 Å². The van der Waals surface area contributed by atoms with Gasteiger partial charge in [-0.2, -0.15) is 0 Å². The molecule has 1 N–H and O–H groups in total. The van der Waals surface area contributed by atoms with Crippen molar-refractivity contribution in [3.63, 3.8) is 0 Å². The number of nitrogens with zero attached hydrogens (tertiary/aromatic N) is 2. The van der Waals surface area contributed by atoms with Crippen LogP contribution < -0.4 is 9.62 Å². The fraction of sp³-hybridized carbons (Fsp3) is 0.259. The zero-order valence-electron chi connectivity index (χ0n) is 20.8. The van der Waals surface area contributed by atoms with Crippen LogP contribution in [0.3, 0.4) is 0 Å². The van der Waals surface area contributed by atoms with Crippen molar-refractivity contribution in [2.45, 2.75) is 38.3 Å². The summed E-state index contributed by atoms with van der Waals surface area (Å²) in [4.78, 5) is 27.5. The molecular formula is C27H29ClFN3O4S. The fourth-order valence-corrected chi connectivity index (χ4v) is 5.23. The number of carbonyl (C=O) groups excluding carboxylic acids is 2. The van der Waals surface area contributed by atoms with E-state index in [0.717, 1.165) is 9.87 Å². The molecule has 196 valence electrons. The molecule has 10 heteroatoms. The van der Waals surface area contributed by atoms with Crippen molar-refractivity contribution in [3.8, 4) is 0 Å². The number of carbonyl (C=O) groups is 2. The van der Waals surface area contributed by atoms with Gasteiger partial charge in [0.1, 0.15) is 18.4 Å². The molecule has 1 atom stereocenters. The molecule has 37 heavy (non-hydrogen) atoms. The predicted molar refractivity (Wildman–Crippen MR) is 142 cm³/mol. The SMILES string of the molecule is CCNC(=O)C(C)N(Cc1ccccc1F)C(=O)CN(c1ccc(C)cc1)S(=O)(=O)c1ccc(Cl)cc1. The van der Waals surface area contributed by atoms with Gasteiger partial charge in [-0.1, -0.05) is 47.5 Å². The Balaban J connectivity index is 2.03. The molecule has 0 aromatic heterocycles. The highest BCUT2D eigenvalue weighted by molar-refractivity contribution is 7.92. The van der Waals surface area contributed by atoms with E-state index in [1.54, 1.807) is 37.3 Å². The molecule has 2 amide bonds. The molecule has 3 aromatic carbocycles.